The molecule has 0 spiro atoms. The van der Waals surface area contributed by atoms with Crippen molar-refractivity contribution in [2.24, 2.45) is 5.92 Å². The van der Waals surface area contributed by atoms with Gasteiger partial charge in [0.05, 0.1) is 18.9 Å². The van der Waals surface area contributed by atoms with Crippen molar-refractivity contribution in [2.75, 3.05) is 12.9 Å². The fourth-order valence-corrected chi connectivity index (χ4v) is 4.16. The number of thioether (sulfide) groups is 1. The average molecular weight is 469 g/mol. The molecular formula is C25H32N4O3S. The Hall–Kier alpha value is -3.00. The fourth-order valence-electron chi connectivity index (χ4n) is 3.39. The van der Waals surface area contributed by atoms with Crippen molar-refractivity contribution in [1.82, 2.24) is 20.1 Å². The number of aromatic nitrogens is 3. The number of hydrogen-bond donors (Lipinski definition) is 1. The highest BCUT2D eigenvalue weighted by Gasteiger charge is 2.21. The maximum atomic E-state index is 12.5. The molecular weight excluding hydrogens is 436 g/mol. The lowest BCUT2D eigenvalue weighted by Crippen LogP contribution is -2.28. The van der Waals surface area contributed by atoms with E-state index in [-0.39, 0.29) is 23.8 Å². The van der Waals surface area contributed by atoms with E-state index in [1.54, 1.807) is 7.11 Å². The molecule has 3 aromatic rings. The van der Waals surface area contributed by atoms with E-state index in [0.29, 0.717) is 11.1 Å². The first-order chi connectivity index (χ1) is 15.9. The summed E-state index contributed by atoms with van der Waals surface area (Å²) in [6, 6.07) is 17.3. The van der Waals surface area contributed by atoms with E-state index in [1.165, 1.54) is 11.8 Å². The van der Waals surface area contributed by atoms with Crippen molar-refractivity contribution < 1.29 is 14.3 Å². The maximum absolute atomic E-state index is 12.5. The molecule has 0 bridgehead atoms. The van der Waals surface area contributed by atoms with Crippen LogP contribution in [0.2, 0.25) is 0 Å². The van der Waals surface area contributed by atoms with Gasteiger partial charge in [-0.05, 0) is 49.6 Å². The number of benzene rings is 2. The number of carbonyl (C=O) groups is 1. The molecule has 0 fully saturated rings. The number of nitrogens with one attached hydrogen (secondary N) is 1. The van der Waals surface area contributed by atoms with Crippen molar-refractivity contribution >= 4 is 17.7 Å². The van der Waals surface area contributed by atoms with Gasteiger partial charge in [-0.25, -0.2) is 0 Å². The van der Waals surface area contributed by atoms with Gasteiger partial charge < -0.3 is 19.4 Å². The zero-order chi connectivity index (χ0) is 23.8. The predicted octanol–water partition coefficient (Wildman–Crippen LogP) is 5.05. The Balaban J connectivity index is 1.66. The van der Waals surface area contributed by atoms with Crippen molar-refractivity contribution in [2.45, 2.75) is 51.5 Å². The third kappa shape index (κ3) is 6.99. The smallest absolute Gasteiger partial charge is 0.230 e. The molecule has 2 atom stereocenters. The Kier molecular flexibility index (Phi) is 8.77. The molecule has 0 saturated heterocycles. The Morgan fingerprint density at radius 2 is 1.67 bits per heavy atom. The molecule has 1 aromatic heterocycles. The second-order valence-electron chi connectivity index (χ2n) is 8.27. The van der Waals surface area contributed by atoms with E-state index < -0.39 is 0 Å². The van der Waals surface area contributed by atoms with Crippen LogP contribution >= 0.6 is 11.8 Å². The third-order valence-electron chi connectivity index (χ3n) is 5.04. The molecule has 0 radical (unpaired) electrons. The summed E-state index contributed by atoms with van der Waals surface area (Å²) in [7, 11) is 1.63. The van der Waals surface area contributed by atoms with E-state index in [4.69, 9.17) is 9.47 Å². The summed E-state index contributed by atoms with van der Waals surface area (Å²) >= 11 is 1.39. The minimum Gasteiger partial charge on any atom is -0.497 e. The van der Waals surface area contributed by atoms with Gasteiger partial charge in [0, 0.05) is 6.54 Å². The topological polar surface area (TPSA) is 78.3 Å². The van der Waals surface area contributed by atoms with Crippen molar-refractivity contribution in [1.29, 1.82) is 0 Å². The monoisotopic (exact) mass is 468 g/mol. The summed E-state index contributed by atoms with van der Waals surface area (Å²) in [5.74, 6) is 2.85. The lowest BCUT2D eigenvalue weighted by molar-refractivity contribution is -0.119. The van der Waals surface area contributed by atoms with Crippen LogP contribution in [0.1, 0.15) is 51.2 Å². The molecule has 0 aliphatic rings. The fraction of sp³-hybridized carbons (Fsp3) is 0.400. The molecule has 176 valence electrons. The number of hydrogen-bond acceptors (Lipinski definition) is 6. The van der Waals surface area contributed by atoms with Crippen LogP contribution in [0, 0.1) is 5.92 Å². The van der Waals surface area contributed by atoms with Crippen LogP contribution in [0.3, 0.4) is 0 Å². The van der Waals surface area contributed by atoms with Gasteiger partial charge in [0.1, 0.15) is 11.5 Å². The lowest BCUT2D eigenvalue weighted by atomic mass is 10.1. The van der Waals surface area contributed by atoms with E-state index in [1.807, 2.05) is 68.4 Å². The number of amides is 1. The predicted molar refractivity (Wildman–Crippen MR) is 131 cm³/mol. The third-order valence-corrected chi connectivity index (χ3v) is 6.01. The van der Waals surface area contributed by atoms with E-state index in [0.717, 1.165) is 29.4 Å². The van der Waals surface area contributed by atoms with Gasteiger partial charge in [0.25, 0.3) is 0 Å². The van der Waals surface area contributed by atoms with Gasteiger partial charge in [-0.15, -0.1) is 10.2 Å². The molecule has 33 heavy (non-hydrogen) atoms. The number of nitrogens with zero attached hydrogens (tertiary/aromatic N) is 3. The highest BCUT2D eigenvalue weighted by atomic mass is 32.2. The highest BCUT2D eigenvalue weighted by Crippen LogP contribution is 2.27. The molecule has 8 heteroatoms. The van der Waals surface area contributed by atoms with Crippen LogP contribution in [-0.4, -0.2) is 33.5 Å². The summed E-state index contributed by atoms with van der Waals surface area (Å²) in [6.07, 6.45) is -0.300. The van der Waals surface area contributed by atoms with Crippen LogP contribution in [0.25, 0.3) is 0 Å². The van der Waals surface area contributed by atoms with Gasteiger partial charge in [-0.3, -0.25) is 4.79 Å². The summed E-state index contributed by atoms with van der Waals surface area (Å²) in [6.45, 7) is 8.95. The number of carbonyl (C=O) groups excluding carboxylic acids is 1. The van der Waals surface area contributed by atoms with E-state index in [9.17, 15) is 4.79 Å². The Labute approximate surface area is 199 Å². The first-order valence-corrected chi connectivity index (χ1v) is 12.1. The molecule has 2 aromatic carbocycles. The van der Waals surface area contributed by atoms with Gasteiger partial charge in [-0.2, -0.15) is 0 Å². The molecule has 1 N–H and O–H groups in total. The largest absolute Gasteiger partial charge is 0.497 e. The molecule has 1 heterocycles. The first-order valence-electron chi connectivity index (χ1n) is 11.1. The first kappa shape index (κ1) is 24.6. The minimum atomic E-state index is -0.300. The standard InChI is InChI=1S/C25H32N4O3S/c1-17(2)15-29-24(19(4)32-22-13-11-21(31-5)12-14-22)27-28-25(29)33-16-23(30)26-18(3)20-9-7-6-8-10-20/h6-14,17-19H,15-16H2,1-5H3,(H,26,30). The quantitative estimate of drug-likeness (QED) is 0.397. The highest BCUT2D eigenvalue weighted by molar-refractivity contribution is 7.99. The van der Waals surface area contributed by atoms with Gasteiger partial charge >= 0.3 is 0 Å². The van der Waals surface area contributed by atoms with Gasteiger partial charge in [0.2, 0.25) is 5.91 Å². The summed E-state index contributed by atoms with van der Waals surface area (Å²) in [4.78, 5) is 12.5. The van der Waals surface area contributed by atoms with Crippen LogP contribution in [0.4, 0.5) is 0 Å². The van der Waals surface area contributed by atoms with Crippen LogP contribution in [-0.2, 0) is 11.3 Å². The molecule has 0 aliphatic carbocycles. The van der Waals surface area contributed by atoms with Crippen molar-refractivity contribution in [3.05, 3.63) is 66.0 Å². The SMILES string of the molecule is COc1ccc(OC(C)c2nnc(SCC(=O)NC(C)c3ccccc3)n2CC(C)C)cc1. The molecule has 1 amide bonds. The van der Waals surface area contributed by atoms with Crippen LogP contribution in [0.15, 0.2) is 59.8 Å². The maximum Gasteiger partial charge on any atom is 0.230 e. The van der Waals surface area contributed by atoms with Crippen molar-refractivity contribution in [3.8, 4) is 11.5 Å². The molecule has 0 saturated carbocycles. The second-order valence-corrected chi connectivity index (χ2v) is 9.21. The molecule has 7 nitrogen and oxygen atoms in total. The number of rotatable bonds is 11. The summed E-state index contributed by atoms with van der Waals surface area (Å²) in [5.41, 5.74) is 1.07. The lowest BCUT2D eigenvalue weighted by Gasteiger charge is -2.18. The number of ether oxygens (including phenoxy) is 2. The zero-order valence-corrected chi connectivity index (χ0v) is 20.6. The van der Waals surface area contributed by atoms with Gasteiger partial charge in [0.15, 0.2) is 17.1 Å². The van der Waals surface area contributed by atoms with Gasteiger partial charge in [-0.1, -0.05) is 55.9 Å². The molecule has 0 aliphatic heterocycles. The Morgan fingerprint density at radius 1 is 1.00 bits per heavy atom. The Bertz CT molecular complexity index is 1020. The Morgan fingerprint density at radius 3 is 2.30 bits per heavy atom. The van der Waals surface area contributed by atoms with Crippen molar-refractivity contribution in [3.63, 3.8) is 0 Å². The molecule has 2 unspecified atom stereocenters. The number of methoxy groups -OCH3 is 1. The minimum absolute atomic E-state index is 0.0421. The molecule has 3 rings (SSSR count). The van der Waals surface area contributed by atoms with Crippen LogP contribution < -0.4 is 14.8 Å². The van der Waals surface area contributed by atoms with Crippen LogP contribution in [0.5, 0.6) is 11.5 Å². The second kappa shape index (κ2) is 11.7. The summed E-state index contributed by atoms with van der Waals surface area (Å²) < 4.78 is 13.4. The average Bonchev–Trinajstić information content (AvgIpc) is 3.20. The zero-order valence-electron chi connectivity index (χ0n) is 19.8. The summed E-state index contributed by atoms with van der Waals surface area (Å²) in [5, 5.41) is 12.5. The van der Waals surface area contributed by atoms with E-state index >= 15 is 0 Å². The van der Waals surface area contributed by atoms with E-state index in [2.05, 4.69) is 33.9 Å². The normalized spacial score (nSPS) is 12.9.